The molecule has 3 rings (SSSR count). The lowest BCUT2D eigenvalue weighted by molar-refractivity contribution is 0.790. The molecular formula is C14H14N4. The molecule has 0 saturated carbocycles. The van der Waals surface area contributed by atoms with Gasteiger partial charge >= 0.3 is 0 Å². The summed E-state index contributed by atoms with van der Waals surface area (Å²) in [6.07, 6.45) is 0. The smallest absolute Gasteiger partial charge is 0.215 e. The highest BCUT2D eigenvalue weighted by atomic mass is 15.4. The average molecular weight is 238 g/mol. The van der Waals surface area contributed by atoms with Crippen molar-refractivity contribution < 1.29 is 0 Å². The molecule has 0 aliphatic carbocycles. The molecule has 18 heavy (non-hydrogen) atoms. The summed E-state index contributed by atoms with van der Waals surface area (Å²) in [6.45, 7) is 0.748. The van der Waals surface area contributed by atoms with Crippen molar-refractivity contribution >= 4 is 17.0 Å². The number of nitrogens with one attached hydrogen (secondary N) is 3. The Morgan fingerprint density at radius 1 is 0.944 bits per heavy atom. The second-order valence-corrected chi connectivity index (χ2v) is 4.07. The van der Waals surface area contributed by atoms with Crippen LogP contribution in [0.15, 0.2) is 54.6 Å². The number of rotatable bonds is 4. The van der Waals surface area contributed by atoms with E-state index in [0.717, 1.165) is 23.5 Å². The van der Waals surface area contributed by atoms with Crippen molar-refractivity contribution in [2.24, 2.45) is 0 Å². The predicted molar refractivity (Wildman–Crippen MR) is 73.0 cm³/mol. The van der Waals surface area contributed by atoms with E-state index in [1.54, 1.807) is 0 Å². The minimum atomic E-state index is 0.729. The first kappa shape index (κ1) is 10.8. The Hall–Kier alpha value is -2.33. The summed E-state index contributed by atoms with van der Waals surface area (Å²) in [6, 6.07) is 18.2. The van der Waals surface area contributed by atoms with Crippen LogP contribution in [0.5, 0.6) is 0 Å². The lowest BCUT2D eigenvalue weighted by atomic mass is 10.2. The van der Waals surface area contributed by atoms with Crippen molar-refractivity contribution in [1.82, 2.24) is 15.4 Å². The van der Waals surface area contributed by atoms with Crippen molar-refractivity contribution in [3.05, 3.63) is 60.2 Å². The summed E-state index contributed by atoms with van der Waals surface area (Å²) in [5, 5.41) is 0. The van der Waals surface area contributed by atoms with Gasteiger partial charge in [0.15, 0.2) is 0 Å². The molecule has 0 spiro atoms. The monoisotopic (exact) mass is 238 g/mol. The van der Waals surface area contributed by atoms with E-state index in [0.29, 0.717) is 0 Å². The molecule has 0 aliphatic heterocycles. The quantitative estimate of drug-likeness (QED) is 0.612. The summed E-state index contributed by atoms with van der Waals surface area (Å²) in [5.41, 5.74) is 9.41. The third-order valence-electron chi connectivity index (χ3n) is 2.73. The highest BCUT2D eigenvalue weighted by molar-refractivity contribution is 5.77. The first-order chi connectivity index (χ1) is 8.92. The molecule has 4 heteroatoms. The minimum Gasteiger partial charge on any atom is -0.323 e. The normalized spacial score (nSPS) is 10.7. The molecule has 2 aromatic carbocycles. The predicted octanol–water partition coefficient (Wildman–Crippen LogP) is 2.68. The van der Waals surface area contributed by atoms with Crippen molar-refractivity contribution in [3.8, 4) is 0 Å². The van der Waals surface area contributed by atoms with Gasteiger partial charge in [-0.1, -0.05) is 42.5 Å². The SMILES string of the molecule is c1ccc(CNNc2nc3ccccc3[nH]2)cc1. The Balaban J connectivity index is 1.63. The Labute approximate surface area is 105 Å². The van der Waals surface area contributed by atoms with Gasteiger partial charge < -0.3 is 4.98 Å². The van der Waals surface area contributed by atoms with Gasteiger partial charge in [0, 0.05) is 6.54 Å². The fourth-order valence-corrected chi connectivity index (χ4v) is 1.84. The number of hydrogen-bond donors (Lipinski definition) is 3. The van der Waals surface area contributed by atoms with Gasteiger partial charge in [-0.2, -0.15) is 0 Å². The van der Waals surface area contributed by atoms with E-state index in [9.17, 15) is 0 Å². The molecule has 3 aromatic rings. The summed E-state index contributed by atoms with van der Waals surface area (Å²) < 4.78 is 0. The number of hydrogen-bond acceptors (Lipinski definition) is 3. The van der Waals surface area contributed by atoms with E-state index in [4.69, 9.17) is 0 Å². The standard InChI is InChI=1S/C14H14N4/c1-2-6-11(7-3-1)10-15-18-14-16-12-8-4-5-9-13(12)17-14/h1-9,15H,10H2,(H2,16,17,18). The molecule has 90 valence electrons. The molecule has 0 aliphatic rings. The Kier molecular flexibility index (Phi) is 2.94. The highest BCUT2D eigenvalue weighted by Crippen LogP contribution is 2.12. The molecule has 0 amide bonds. The molecule has 4 nitrogen and oxygen atoms in total. The largest absolute Gasteiger partial charge is 0.323 e. The van der Waals surface area contributed by atoms with E-state index in [-0.39, 0.29) is 0 Å². The maximum absolute atomic E-state index is 4.41. The molecule has 1 heterocycles. The molecule has 0 saturated heterocycles. The van der Waals surface area contributed by atoms with Crippen LogP contribution in [0.3, 0.4) is 0 Å². The first-order valence-corrected chi connectivity index (χ1v) is 5.89. The average Bonchev–Trinajstić information content (AvgIpc) is 2.82. The number of fused-ring (bicyclic) bond motifs is 1. The lowest BCUT2D eigenvalue weighted by Crippen LogP contribution is -2.21. The van der Waals surface area contributed by atoms with Gasteiger partial charge in [0.2, 0.25) is 5.95 Å². The van der Waals surface area contributed by atoms with Crippen LogP contribution in [-0.4, -0.2) is 9.97 Å². The summed E-state index contributed by atoms with van der Waals surface area (Å²) in [5.74, 6) is 0.729. The van der Waals surface area contributed by atoms with Gasteiger partial charge in [0.25, 0.3) is 0 Å². The number of imidazole rings is 1. The first-order valence-electron chi connectivity index (χ1n) is 5.89. The van der Waals surface area contributed by atoms with Gasteiger partial charge in [-0.15, -0.1) is 0 Å². The molecule has 0 fully saturated rings. The van der Waals surface area contributed by atoms with E-state index in [2.05, 4.69) is 33.0 Å². The van der Waals surface area contributed by atoms with Crippen LogP contribution in [0, 0.1) is 0 Å². The van der Waals surface area contributed by atoms with Crippen molar-refractivity contribution in [1.29, 1.82) is 0 Å². The number of aromatic nitrogens is 2. The molecule has 1 aromatic heterocycles. The van der Waals surface area contributed by atoms with Crippen LogP contribution in [0.4, 0.5) is 5.95 Å². The van der Waals surface area contributed by atoms with Crippen LogP contribution >= 0.6 is 0 Å². The topological polar surface area (TPSA) is 52.7 Å². The van der Waals surface area contributed by atoms with E-state index in [1.165, 1.54) is 5.56 Å². The third kappa shape index (κ3) is 2.33. The van der Waals surface area contributed by atoms with Gasteiger partial charge in [0.1, 0.15) is 0 Å². The Morgan fingerprint density at radius 3 is 2.56 bits per heavy atom. The second kappa shape index (κ2) is 4.89. The maximum atomic E-state index is 4.41. The van der Waals surface area contributed by atoms with E-state index < -0.39 is 0 Å². The summed E-state index contributed by atoms with van der Waals surface area (Å²) in [4.78, 5) is 7.61. The molecule has 0 unspecified atom stereocenters. The minimum absolute atomic E-state index is 0.729. The van der Waals surface area contributed by atoms with Crippen LogP contribution in [0.1, 0.15) is 5.56 Å². The van der Waals surface area contributed by atoms with Crippen LogP contribution < -0.4 is 10.9 Å². The molecule has 0 atom stereocenters. The molecule has 3 N–H and O–H groups in total. The van der Waals surface area contributed by atoms with Crippen LogP contribution in [0.2, 0.25) is 0 Å². The molecule has 0 bridgehead atoms. The van der Waals surface area contributed by atoms with E-state index in [1.807, 2.05) is 42.5 Å². The lowest BCUT2D eigenvalue weighted by Gasteiger charge is -2.04. The molecule has 0 radical (unpaired) electrons. The Morgan fingerprint density at radius 2 is 1.72 bits per heavy atom. The van der Waals surface area contributed by atoms with Gasteiger partial charge in [-0.05, 0) is 17.7 Å². The zero-order valence-electron chi connectivity index (χ0n) is 9.85. The van der Waals surface area contributed by atoms with Crippen molar-refractivity contribution in [3.63, 3.8) is 0 Å². The highest BCUT2D eigenvalue weighted by Gasteiger charge is 2.00. The fourth-order valence-electron chi connectivity index (χ4n) is 1.84. The zero-order valence-corrected chi connectivity index (χ0v) is 9.85. The Bertz CT molecular complexity index is 597. The third-order valence-corrected chi connectivity index (χ3v) is 2.73. The number of hydrazine groups is 1. The summed E-state index contributed by atoms with van der Waals surface area (Å²) >= 11 is 0. The van der Waals surface area contributed by atoms with Crippen molar-refractivity contribution in [2.75, 3.05) is 5.43 Å². The summed E-state index contributed by atoms with van der Waals surface area (Å²) in [7, 11) is 0. The number of H-pyrrole nitrogens is 1. The number of nitrogens with zero attached hydrogens (tertiary/aromatic N) is 1. The number of benzene rings is 2. The number of aromatic amines is 1. The number of para-hydroxylation sites is 2. The van der Waals surface area contributed by atoms with Gasteiger partial charge in [0.05, 0.1) is 11.0 Å². The van der Waals surface area contributed by atoms with Gasteiger partial charge in [-0.25, -0.2) is 10.4 Å². The molecular weight excluding hydrogens is 224 g/mol. The fraction of sp³-hybridized carbons (Fsp3) is 0.0714. The van der Waals surface area contributed by atoms with Crippen LogP contribution in [0.25, 0.3) is 11.0 Å². The second-order valence-electron chi connectivity index (χ2n) is 4.07. The zero-order chi connectivity index (χ0) is 12.2. The van der Waals surface area contributed by atoms with E-state index >= 15 is 0 Å². The van der Waals surface area contributed by atoms with Gasteiger partial charge in [-0.3, -0.25) is 5.43 Å². The maximum Gasteiger partial charge on any atom is 0.215 e. The van der Waals surface area contributed by atoms with Crippen molar-refractivity contribution in [2.45, 2.75) is 6.54 Å². The number of anilines is 1. The van der Waals surface area contributed by atoms with Crippen LogP contribution in [-0.2, 0) is 6.54 Å².